The minimum absolute atomic E-state index is 0.0730. The van der Waals surface area contributed by atoms with Crippen LogP contribution in [0.1, 0.15) is 0 Å². The number of hydrogen-bond acceptors (Lipinski definition) is 2. The molecule has 9 heavy (non-hydrogen) atoms. The van der Waals surface area contributed by atoms with Gasteiger partial charge in [-0.15, -0.1) is 0 Å². The molecule has 3 nitrogen and oxygen atoms in total. The van der Waals surface area contributed by atoms with Crippen LogP contribution in [-0.2, 0) is 7.05 Å². The van der Waals surface area contributed by atoms with Gasteiger partial charge in [0.05, 0.1) is 0 Å². The van der Waals surface area contributed by atoms with Gasteiger partial charge in [-0.25, -0.2) is 0 Å². The molecule has 50 valence electrons. The smallest absolute Gasteiger partial charge is 0.295 e. The molecule has 0 saturated heterocycles. The second-order valence-electron chi connectivity index (χ2n) is 1.55. The van der Waals surface area contributed by atoms with Gasteiger partial charge in [0.1, 0.15) is 7.40 Å². The highest BCUT2D eigenvalue weighted by Gasteiger charge is 2.06. The largest absolute Gasteiger partial charge is 0.480 e. The molecule has 0 fully saturated rings. The molecule has 1 heterocycles. The summed E-state index contributed by atoms with van der Waals surface area (Å²) in [5.41, 5.74) is 0. The fourth-order valence-corrected chi connectivity index (χ4v) is 1.35. The van der Waals surface area contributed by atoms with Gasteiger partial charge in [0.2, 0.25) is 0 Å². The Labute approximate surface area is 79.8 Å². The summed E-state index contributed by atoms with van der Waals surface area (Å²) >= 11 is 4.19. The van der Waals surface area contributed by atoms with Gasteiger partial charge < -0.3 is 5.11 Å². The third kappa shape index (κ3) is 1.31. The first-order chi connectivity index (χ1) is 4.13. The second kappa shape index (κ2) is 2.60. The Hall–Kier alpha value is 0.470. The topological polar surface area (TPSA) is 38.0 Å². The van der Waals surface area contributed by atoms with Gasteiger partial charge in [0.25, 0.3) is 6.01 Å². The summed E-state index contributed by atoms with van der Waals surface area (Å²) in [6.45, 7) is 0. The predicted molar refractivity (Wildman–Crippen MR) is 50.3 cm³/mol. The maximum Gasteiger partial charge on any atom is 0.295 e. The van der Waals surface area contributed by atoms with E-state index in [1.807, 2.05) is 0 Å². The van der Waals surface area contributed by atoms with E-state index in [-0.39, 0.29) is 6.01 Å². The Morgan fingerprint density at radius 1 is 1.56 bits per heavy atom. The minimum Gasteiger partial charge on any atom is -0.480 e. The first kappa shape index (κ1) is 7.58. The number of rotatable bonds is 0. The lowest BCUT2D eigenvalue weighted by Crippen LogP contribution is -1.88. The van der Waals surface area contributed by atoms with Gasteiger partial charge in [-0.2, -0.15) is 4.98 Å². The van der Waals surface area contributed by atoms with Crippen molar-refractivity contribution in [1.82, 2.24) is 9.55 Å². The molecule has 0 spiro atoms. The van der Waals surface area contributed by atoms with E-state index in [0.29, 0.717) is 0 Å². The summed E-state index contributed by atoms with van der Waals surface area (Å²) in [6.07, 6.45) is 0. The summed E-state index contributed by atoms with van der Waals surface area (Å²) < 4.78 is 3.43. The molecule has 0 aliphatic heterocycles. The summed E-state index contributed by atoms with van der Waals surface area (Å²) in [6, 6.07) is 0.0730. The predicted octanol–water partition coefficient (Wildman–Crippen LogP) is 1.33. The Bertz CT molecular complexity index is 210. The van der Waals surface area contributed by atoms with Crippen LogP contribution < -0.4 is 0 Å². The van der Waals surface area contributed by atoms with Crippen molar-refractivity contribution < 1.29 is 5.11 Å². The number of halogens is 2. The van der Waals surface area contributed by atoms with E-state index in [1.54, 1.807) is 11.6 Å². The van der Waals surface area contributed by atoms with Crippen LogP contribution >= 0.6 is 45.2 Å². The fourth-order valence-electron chi connectivity index (χ4n) is 0.435. The van der Waals surface area contributed by atoms with E-state index in [1.165, 1.54) is 0 Å². The molecule has 0 bridgehead atoms. The van der Waals surface area contributed by atoms with Gasteiger partial charge in [0.15, 0.2) is 0 Å². The zero-order valence-corrected chi connectivity index (χ0v) is 8.91. The number of nitrogens with zero attached hydrogens (tertiary/aromatic N) is 2. The zero-order valence-electron chi connectivity index (χ0n) is 4.60. The molecule has 0 aliphatic carbocycles. The number of aromatic hydroxyl groups is 1. The van der Waals surface area contributed by atoms with Crippen molar-refractivity contribution in [3.8, 4) is 6.01 Å². The third-order valence-electron chi connectivity index (χ3n) is 0.963. The lowest BCUT2D eigenvalue weighted by molar-refractivity contribution is 0.410. The molecule has 0 atom stereocenters. The number of hydrogen-bond donors (Lipinski definition) is 1. The Morgan fingerprint density at radius 3 is 2.22 bits per heavy atom. The first-order valence-electron chi connectivity index (χ1n) is 2.19. The van der Waals surface area contributed by atoms with Crippen LogP contribution in [0.3, 0.4) is 0 Å². The van der Waals surface area contributed by atoms with E-state index in [9.17, 15) is 0 Å². The molecule has 1 N–H and O–H groups in total. The molecular formula is C4H4I2N2O. The normalized spacial score (nSPS) is 10.1. The van der Waals surface area contributed by atoms with Crippen molar-refractivity contribution >= 4 is 45.2 Å². The van der Waals surface area contributed by atoms with Crippen LogP contribution in [0.15, 0.2) is 0 Å². The average molecular weight is 350 g/mol. The van der Waals surface area contributed by atoms with E-state index < -0.39 is 0 Å². The van der Waals surface area contributed by atoms with E-state index >= 15 is 0 Å². The van der Waals surface area contributed by atoms with Gasteiger partial charge in [-0.3, -0.25) is 4.57 Å². The van der Waals surface area contributed by atoms with Gasteiger partial charge in [-0.05, 0) is 45.2 Å². The molecule has 0 aliphatic rings. The SMILES string of the molecule is Cn1c(O)nc(I)c1I. The summed E-state index contributed by atoms with van der Waals surface area (Å²) in [5.74, 6) is 0. The molecule has 0 saturated carbocycles. The van der Waals surface area contributed by atoms with Crippen LogP contribution in [0.4, 0.5) is 0 Å². The first-order valence-corrected chi connectivity index (χ1v) is 4.35. The molecule has 1 rings (SSSR count). The monoisotopic (exact) mass is 350 g/mol. The third-order valence-corrected chi connectivity index (χ3v) is 3.98. The maximum atomic E-state index is 8.96. The van der Waals surface area contributed by atoms with E-state index in [0.717, 1.165) is 7.40 Å². The van der Waals surface area contributed by atoms with E-state index in [4.69, 9.17) is 5.11 Å². The van der Waals surface area contributed by atoms with Crippen LogP contribution in [0.5, 0.6) is 6.01 Å². The van der Waals surface area contributed by atoms with Crippen molar-refractivity contribution in [3.63, 3.8) is 0 Å². The molecule has 5 heteroatoms. The Morgan fingerprint density at radius 2 is 2.11 bits per heavy atom. The molecule has 1 aromatic heterocycles. The highest BCUT2D eigenvalue weighted by atomic mass is 127. The molecule has 0 aromatic carbocycles. The van der Waals surface area contributed by atoms with E-state index in [2.05, 4.69) is 50.2 Å². The summed E-state index contributed by atoms with van der Waals surface area (Å²) in [4.78, 5) is 3.81. The Balaban J connectivity index is 3.29. The van der Waals surface area contributed by atoms with Crippen molar-refractivity contribution in [2.45, 2.75) is 0 Å². The highest BCUT2D eigenvalue weighted by Crippen LogP contribution is 2.17. The van der Waals surface area contributed by atoms with Gasteiger partial charge in [-0.1, -0.05) is 0 Å². The Kier molecular flexibility index (Phi) is 2.19. The number of imidazole rings is 1. The summed E-state index contributed by atoms with van der Waals surface area (Å²) in [7, 11) is 1.77. The van der Waals surface area contributed by atoms with Crippen molar-refractivity contribution in [3.05, 3.63) is 7.40 Å². The zero-order chi connectivity index (χ0) is 7.02. The molecule has 1 aromatic rings. The lowest BCUT2D eigenvalue weighted by Gasteiger charge is -1.91. The quantitative estimate of drug-likeness (QED) is 0.718. The summed E-state index contributed by atoms with van der Waals surface area (Å²) in [5, 5.41) is 8.96. The van der Waals surface area contributed by atoms with Crippen LogP contribution in [0, 0.1) is 7.40 Å². The second-order valence-corrected chi connectivity index (χ2v) is 3.60. The highest BCUT2D eigenvalue weighted by molar-refractivity contribution is 14.1. The molecular weight excluding hydrogens is 346 g/mol. The maximum absolute atomic E-state index is 8.96. The minimum atomic E-state index is 0.0730. The van der Waals surface area contributed by atoms with Crippen molar-refractivity contribution in [2.75, 3.05) is 0 Å². The molecule has 0 radical (unpaired) electrons. The molecule has 0 amide bonds. The fraction of sp³-hybridized carbons (Fsp3) is 0.250. The van der Waals surface area contributed by atoms with Crippen LogP contribution in [0.25, 0.3) is 0 Å². The van der Waals surface area contributed by atoms with Crippen LogP contribution in [0.2, 0.25) is 0 Å². The van der Waals surface area contributed by atoms with Gasteiger partial charge >= 0.3 is 0 Å². The van der Waals surface area contributed by atoms with Gasteiger partial charge in [0, 0.05) is 7.05 Å². The van der Waals surface area contributed by atoms with Crippen molar-refractivity contribution in [2.24, 2.45) is 7.05 Å². The average Bonchev–Trinajstić information content (AvgIpc) is 1.98. The molecule has 0 unspecified atom stereocenters. The number of aromatic nitrogens is 2. The van der Waals surface area contributed by atoms with Crippen LogP contribution in [-0.4, -0.2) is 14.7 Å². The van der Waals surface area contributed by atoms with Crippen molar-refractivity contribution in [1.29, 1.82) is 0 Å². The lowest BCUT2D eigenvalue weighted by atomic mass is 10.9. The standard InChI is InChI=1S/C4H4I2N2O/c1-8-3(6)2(5)7-4(8)9/h1H3,(H,7,9).